The molecule has 1 saturated heterocycles. The van der Waals surface area contributed by atoms with E-state index in [2.05, 4.69) is 5.32 Å². The maximum absolute atomic E-state index is 11.8. The average Bonchev–Trinajstić information content (AvgIpc) is 2.18. The third-order valence-corrected chi connectivity index (χ3v) is 2.43. The highest BCUT2D eigenvalue weighted by Crippen LogP contribution is 2.13. The summed E-state index contributed by atoms with van der Waals surface area (Å²) in [5.41, 5.74) is -0.680. The molecule has 0 saturated carbocycles. The molecule has 0 aliphatic carbocycles. The first-order valence-electron chi connectivity index (χ1n) is 4.96. The van der Waals surface area contributed by atoms with Crippen LogP contribution >= 0.6 is 0 Å². The van der Waals surface area contributed by atoms with Crippen LogP contribution in [-0.2, 0) is 9.59 Å². The van der Waals surface area contributed by atoms with Gasteiger partial charge in [0, 0.05) is 13.0 Å². The molecule has 1 fully saturated rings. The minimum absolute atomic E-state index is 0.186. The van der Waals surface area contributed by atoms with Crippen molar-refractivity contribution < 1.29 is 9.59 Å². The fraction of sp³-hybridized carbons (Fsp3) is 0.700. The summed E-state index contributed by atoms with van der Waals surface area (Å²) >= 11 is 0. The van der Waals surface area contributed by atoms with E-state index in [0.29, 0.717) is 19.4 Å². The zero-order chi connectivity index (χ0) is 11.5. The molecule has 1 N–H and O–H groups in total. The van der Waals surface area contributed by atoms with E-state index in [0.717, 1.165) is 0 Å². The molecular weight excluding hydrogens is 194 g/mol. The number of piperazine rings is 1. The van der Waals surface area contributed by atoms with Crippen LogP contribution < -0.4 is 5.32 Å². The molecule has 0 aromatic carbocycles. The summed E-state index contributed by atoms with van der Waals surface area (Å²) in [6, 6.07) is 1.99. The van der Waals surface area contributed by atoms with Gasteiger partial charge in [-0.15, -0.1) is 0 Å². The van der Waals surface area contributed by atoms with Crippen LogP contribution in [0.15, 0.2) is 0 Å². The summed E-state index contributed by atoms with van der Waals surface area (Å²) < 4.78 is 0. The van der Waals surface area contributed by atoms with Crippen molar-refractivity contribution in [1.29, 1.82) is 5.26 Å². The molecule has 1 aliphatic rings. The number of carbonyl (C=O) groups is 2. The van der Waals surface area contributed by atoms with Crippen LogP contribution in [0.2, 0.25) is 0 Å². The molecule has 82 valence electrons. The maximum atomic E-state index is 11.8. The number of rotatable bonds is 3. The molecule has 2 amide bonds. The van der Waals surface area contributed by atoms with Gasteiger partial charge < -0.3 is 0 Å². The van der Waals surface area contributed by atoms with Crippen molar-refractivity contribution in [2.75, 3.05) is 13.1 Å². The van der Waals surface area contributed by atoms with Crippen LogP contribution in [0.5, 0.6) is 0 Å². The molecule has 5 nitrogen and oxygen atoms in total. The maximum Gasteiger partial charge on any atom is 0.248 e. The lowest BCUT2D eigenvalue weighted by molar-refractivity contribution is -0.152. The van der Waals surface area contributed by atoms with Gasteiger partial charge in [0.05, 0.1) is 18.2 Å². The molecule has 0 bridgehead atoms. The van der Waals surface area contributed by atoms with E-state index in [1.807, 2.05) is 6.07 Å². The van der Waals surface area contributed by atoms with E-state index < -0.39 is 5.54 Å². The van der Waals surface area contributed by atoms with Gasteiger partial charge in [-0.2, -0.15) is 5.26 Å². The smallest absolute Gasteiger partial charge is 0.248 e. The van der Waals surface area contributed by atoms with Crippen molar-refractivity contribution in [3.8, 4) is 6.07 Å². The molecule has 0 radical (unpaired) electrons. The molecule has 5 heteroatoms. The van der Waals surface area contributed by atoms with E-state index >= 15 is 0 Å². The number of nitrogens with one attached hydrogen (secondary N) is 1. The Morgan fingerprint density at radius 2 is 2.20 bits per heavy atom. The molecule has 0 unspecified atom stereocenters. The van der Waals surface area contributed by atoms with Crippen molar-refractivity contribution in [2.24, 2.45) is 0 Å². The van der Waals surface area contributed by atoms with Gasteiger partial charge in [-0.3, -0.25) is 19.8 Å². The molecular formula is C10H15N3O2. The summed E-state index contributed by atoms with van der Waals surface area (Å²) in [4.78, 5) is 24.5. The van der Waals surface area contributed by atoms with Crippen molar-refractivity contribution in [2.45, 2.75) is 32.2 Å². The van der Waals surface area contributed by atoms with E-state index in [9.17, 15) is 9.59 Å². The summed E-state index contributed by atoms with van der Waals surface area (Å²) in [6.45, 7) is 4.03. The summed E-state index contributed by atoms with van der Waals surface area (Å²) in [7, 11) is 0. The Balaban J connectivity index is 2.64. The number of carbonyl (C=O) groups excluding carboxylic acids is 2. The molecule has 0 atom stereocenters. The minimum Gasteiger partial charge on any atom is -0.295 e. The van der Waals surface area contributed by atoms with Gasteiger partial charge in [-0.05, 0) is 20.3 Å². The molecule has 1 aliphatic heterocycles. The van der Waals surface area contributed by atoms with Crippen LogP contribution in [0, 0.1) is 11.3 Å². The van der Waals surface area contributed by atoms with Crippen LogP contribution in [0.4, 0.5) is 0 Å². The fourth-order valence-electron chi connectivity index (χ4n) is 1.46. The second kappa shape index (κ2) is 4.41. The van der Waals surface area contributed by atoms with E-state index in [1.165, 1.54) is 4.90 Å². The van der Waals surface area contributed by atoms with Crippen molar-refractivity contribution >= 4 is 11.8 Å². The Kier molecular flexibility index (Phi) is 3.43. The first-order chi connectivity index (χ1) is 6.99. The van der Waals surface area contributed by atoms with E-state index in [4.69, 9.17) is 5.26 Å². The number of hydrogen-bond donors (Lipinski definition) is 1. The number of nitrogens with zero attached hydrogens (tertiary/aromatic N) is 2. The molecule has 1 heterocycles. The van der Waals surface area contributed by atoms with Crippen molar-refractivity contribution in [3.63, 3.8) is 0 Å². The Morgan fingerprint density at radius 1 is 1.53 bits per heavy atom. The van der Waals surface area contributed by atoms with E-state index in [1.54, 1.807) is 13.8 Å². The predicted molar refractivity (Wildman–Crippen MR) is 53.6 cm³/mol. The quantitative estimate of drug-likeness (QED) is 0.525. The van der Waals surface area contributed by atoms with Gasteiger partial charge in [-0.1, -0.05) is 0 Å². The highest BCUT2D eigenvalue weighted by molar-refractivity contribution is 6.02. The predicted octanol–water partition coefficient (Wildman–Crippen LogP) is 0.0272. The molecule has 0 spiro atoms. The van der Waals surface area contributed by atoms with Crippen molar-refractivity contribution in [3.05, 3.63) is 0 Å². The number of hydrogen-bond acceptors (Lipinski definition) is 4. The summed E-state index contributed by atoms with van der Waals surface area (Å²) in [5, 5.41) is 11.3. The van der Waals surface area contributed by atoms with Crippen LogP contribution in [0.25, 0.3) is 0 Å². The van der Waals surface area contributed by atoms with Gasteiger partial charge in [0.1, 0.15) is 0 Å². The highest BCUT2D eigenvalue weighted by Gasteiger charge is 2.39. The second-order valence-electron chi connectivity index (χ2n) is 4.09. The average molecular weight is 209 g/mol. The number of amides is 2. The Hall–Kier alpha value is -1.41. The monoisotopic (exact) mass is 209 g/mol. The highest BCUT2D eigenvalue weighted by atomic mass is 16.2. The second-order valence-corrected chi connectivity index (χ2v) is 4.09. The zero-order valence-corrected chi connectivity index (χ0v) is 9.04. The Labute approximate surface area is 89.0 Å². The standard InChI is InChI=1S/C10H15N3O2/c1-10(2)9(15)13(6-4-3-5-11)8(14)7-12-10/h12H,3-4,6-7H2,1-2H3. The third-order valence-electron chi connectivity index (χ3n) is 2.43. The van der Waals surface area contributed by atoms with Gasteiger partial charge >= 0.3 is 0 Å². The Bertz CT molecular complexity index is 317. The molecule has 1 rings (SSSR count). The largest absolute Gasteiger partial charge is 0.295 e. The van der Waals surface area contributed by atoms with Gasteiger partial charge in [0.15, 0.2) is 0 Å². The lowest BCUT2D eigenvalue weighted by Gasteiger charge is -2.36. The normalized spacial score (nSPS) is 20.2. The molecule has 15 heavy (non-hydrogen) atoms. The number of unbranched alkanes of at least 4 members (excludes halogenated alkanes) is 1. The lowest BCUT2D eigenvalue weighted by Crippen LogP contribution is -2.63. The number of imide groups is 1. The van der Waals surface area contributed by atoms with E-state index in [-0.39, 0.29) is 18.4 Å². The van der Waals surface area contributed by atoms with Gasteiger partial charge in [-0.25, -0.2) is 0 Å². The van der Waals surface area contributed by atoms with Crippen molar-refractivity contribution in [1.82, 2.24) is 10.2 Å². The van der Waals surface area contributed by atoms with Crippen LogP contribution in [0.1, 0.15) is 26.7 Å². The fourth-order valence-corrected chi connectivity index (χ4v) is 1.46. The van der Waals surface area contributed by atoms with Crippen LogP contribution in [0.3, 0.4) is 0 Å². The zero-order valence-electron chi connectivity index (χ0n) is 9.04. The summed E-state index contributed by atoms with van der Waals surface area (Å²) in [6.07, 6.45) is 0.912. The Morgan fingerprint density at radius 3 is 2.80 bits per heavy atom. The molecule has 0 aromatic heterocycles. The van der Waals surface area contributed by atoms with Gasteiger partial charge in [0.25, 0.3) is 0 Å². The first-order valence-corrected chi connectivity index (χ1v) is 4.96. The topological polar surface area (TPSA) is 73.2 Å². The minimum atomic E-state index is -0.680. The number of nitriles is 1. The third kappa shape index (κ3) is 2.54. The lowest BCUT2D eigenvalue weighted by atomic mass is 10.0. The summed E-state index contributed by atoms with van der Waals surface area (Å²) in [5.74, 6) is -0.422. The first kappa shape index (κ1) is 11.7. The van der Waals surface area contributed by atoms with Crippen LogP contribution in [-0.4, -0.2) is 35.3 Å². The SMILES string of the molecule is CC1(C)NCC(=O)N(CCCC#N)C1=O. The van der Waals surface area contributed by atoms with Gasteiger partial charge in [0.2, 0.25) is 11.8 Å². The molecule has 0 aromatic rings.